The molecule has 7 heteroatoms. The molecule has 0 atom stereocenters. The van der Waals surface area contributed by atoms with Crippen molar-refractivity contribution in [2.75, 3.05) is 0 Å². The van der Waals surface area contributed by atoms with Crippen LogP contribution in [0.5, 0.6) is 0 Å². The zero-order chi connectivity index (χ0) is 13.1. The van der Waals surface area contributed by atoms with E-state index in [1.807, 2.05) is 0 Å². The average Bonchev–Trinajstić information content (AvgIpc) is 2.72. The number of hydrogen-bond donors (Lipinski definition) is 0. The highest BCUT2D eigenvalue weighted by Crippen LogP contribution is 2.24. The van der Waals surface area contributed by atoms with E-state index in [-0.39, 0.29) is 0 Å². The standard InChI is InChI=1S/C11H11N5OS/c1-6-9(4-12)11(15-7(2)13-6)18-5-10-14-8(3)16-17-10/h5H2,1-3H3. The molecule has 0 N–H and O–H groups in total. The summed E-state index contributed by atoms with van der Waals surface area (Å²) in [6.07, 6.45) is 0. The zero-order valence-corrected chi connectivity index (χ0v) is 11.1. The van der Waals surface area contributed by atoms with Crippen molar-refractivity contribution >= 4 is 11.8 Å². The Labute approximate surface area is 108 Å². The molecule has 0 aliphatic rings. The van der Waals surface area contributed by atoms with Crippen LogP contribution in [0.3, 0.4) is 0 Å². The van der Waals surface area contributed by atoms with Gasteiger partial charge in [-0.05, 0) is 20.8 Å². The highest BCUT2D eigenvalue weighted by Gasteiger charge is 2.12. The van der Waals surface area contributed by atoms with Crippen LogP contribution < -0.4 is 0 Å². The molecule has 0 aromatic carbocycles. The van der Waals surface area contributed by atoms with Crippen LogP contribution in [0.25, 0.3) is 0 Å². The molecular weight excluding hydrogens is 250 g/mol. The molecule has 0 saturated heterocycles. The van der Waals surface area contributed by atoms with E-state index in [9.17, 15) is 0 Å². The van der Waals surface area contributed by atoms with E-state index in [2.05, 4.69) is 26.2 Å². The van der Waals surface area contributed by atoms with E-state index in [4.69, 9.17) is 9.78 Å². The van der Waals surface area contributed by atoms with Crippen molar-refractivity contribution in [2.45, 2.75) is 31.6 Å². The number of aryl methyl sites for hydroxylation is 3. The minimum atomic E-state index is 0.491. The first-order valence-electron chi connectivity index (χ1n) is 5.27. The van der Waals surface area contributed by atoms with Gasteiger partial charge in [0.2, 0.25) is 5.89 Å². The Balaban J connectivity index is 2.21. The summed E-state index contributed by atoms with van der Waals surface area (Å²) in [5, 5.41) is 13.5. The molecule has 0 amide bonds. The van der Waals surface area contributed by atoms with Gasteiger partial charge in [0.15, 0.2) is 5.82 Å². The molecule has 2 aromatic rings. The maximum Gasteiger partial charge on any atom is 0.237 e. The number of nitriles is 1. The van der Waals surface area contributed by atoms with E-state index in [1.54, 1.807) is 20.8 Å². The summed E-state index contributed by atoms with van der Waals surface area (Å²) in [5.41, 5.74) is 1.19. The van der Waals surface area contributed by atoms with Gasteiger partial charge < -0.3 is 4.52 Å². The highest BCUT2D eigenvalue weighted by molar-refractivity contribution is 7.98. The van der Waals surface area contributed by atoms with Crippen molar-refractivity contribution in [3.8, 4) is 6.07 Å². The van der Waals surface area contributed by atoms with Crippen LogP contribution in [0.1, 0.15) is 28.8 Å². The molecule has 0 aliphatic carbocycles. The fourth-order valence-corrected chi connectivity index (χ4v) is 2.35. The Hall–Kier alpha value is -1.94. The van der Waals surface area contributed by atoms with Gasteiger partial charge in [0.05, 0.1) is 11.4 Å². The van der Waals surface area contributed by atoms with E-state index in [1.165, 1.54) is 11.8 Å². The number of aromatic nitrogens is 4. The molecule has 0 aliphatic heterocycles. The SMILES string of the molecule is Cc1noc(CSc2nc(C)nc(C)c2C#N)n1. The summed E-state index contributed by atoms with van der Waals surface area (Å²) < 4.78 is 5.01. The maximum absolute atomic E-state index is 9.10. The Bertz CT molecular complexity index is 616. The molecule has 6 nitrogen and oxygen atoms in total. The summed E-state index contributed by atoms with van der Waals surface area (Å²) in [4.78, 5) is 12.5. The van der Waals surface area contributed by atoms with Gasteiger partial charge in [-0.3, -0.25) is 0 Å². The minimum Gasteiger partial charge on any atom is -0.338 e. The first kappa shape index (κ1) is 12.5. The quantitative estimate of drug-likeness (QED) is 0.616. The monoisotopic (exact) mass is 261 g/mol. The number of thioether (sulfide) groups is 1. The van der Waals surface area contributed by atoms with Gasteiger partial charge in [0.25, 0.3) is 0 Å². The van der Waals surface area contributed by atoms with Gasteiger partial charge in [0.1, 0.15) is 22.5 Å². The Morgan fingerprint density at radius 1 is 1.17 bits per heavy atom. The molecular formula is C11H11N5OS. The van der Waals surface area contributed by atoms with Gasteiger partial charge in [-0.1, -0.05) is 16.9 Å². The van der Waals surface area contributed by atoms with Crippen molar-refractivity contribution in [1.82, 2.24) is 20.1 Å². The van der Waals surface area contributed by atoms with Crippen molar-refractivity contribution < 1.29 is 4.52 Å². The van der Waals surface area contributed by atoms with Crippen LogP contribution in [0.2, 0.25) is 0 Å². The molecule has 0 radical (unpaired) electrons. The molecule has 18 heavy (non-hydrogen) atoms. The minimum absolute atomic E-state index is 0.491. The lowest BCUT2D eigenvalue weighted by atomic mass is 10.3. The second kappa shape index (κ2) is 5.14. The summed E-state index contributed by atoms with van der Waals surface area (Å²) in [6, 6.07) is 2.12. The van der Waals surface area contributed by atoms with Crippen molar-refractivity contribution in [3.05, 3.63) is 28.8 Å². The molecule has 2 aromatic heterocycles. The largest absolute Gasteiger partial charge is 0.338 e. The number of rotatable bonds is 3. The highest BCUT2D eigenvalue weighted by atomic mass is 32.2. The first-order chi connectivity index (χ1) is 8.60. The molecule has 0 saturated carbocycles. The van der Waals surface area contributed by atoms with Crippen molar-refractivity contribution in [3.63, 3.8) is 0 Å². The molecule has 92 valence electrons. The smallest absolute Gasteiger partial charge is 0.237 e. The topological polar surface area (TPSA) is 88.5 Å². The van der Waals surface area contributed by atoms with Gasteiger partial charge in [-0.15, -0.1) is 0 Å². The molecule has 2 heterocycles. The number of hydrogen-bond acceptors (Lipinski definition) is 7. The molecule has 2 rings (SSSR count). The molecule has 0 unspecified atom stereocenters. The van der Waals surface area contributed by atoms with Crippen molar-refractivity contribution in [2.24, 2.45) is 0 Å². The first-order valence-corrected chi connectivity index (χ1v) is 6.26. The zero-order valence-electron chi connectivity index (χ0n) is 10.3. The summed E-state index contributed by atoms with van der Waals surface area (Å²) in [6.45, 7) is 5.36. The lowest BCUT2D eigenvalue weighted by Crippen LogP contribution is -1.99. The van der Waals surface area contributed by atoms with Gasteiger partial charge >= 0.3 is 0 Å². The Morgan fingerprint density at radius 2 is 1.94 bits per heavy atom. The van der Waals surface area contributed by atoms with Crippen LogP contribution in [0.4, 0.5) is 0 Å². The van der Waals surface area contributed by atoms with Gasteiger partial charge in [0, 0.05) is 0 Å². The predicted molar refractivity (Wildman–Crippen MR) is 64.8 cm³/mol. The van der Waals surface area contributed by atoms with Crippen LogP contribution in [-0.4, -0.2) is 20.1 Å². The lowest BCUT2D eigenvalue weighted by molar-refractivity contribution is 0.387. The normalized spacial score (nSPS) is 10.3. The van der Waals surface area contributed by atoms with Gasteiger partial charge in [-0.2, -0.15) is 10.2 Å². The van der Waals surface area contributed by atoms with E-state index in [0.29, 0.717) is 39.6 Å². The van der Waals surface area contributed by atoms with Crippen LogP contribution in [0.15, 0.2) is 9.55 Å². The van der Waals surface area contributed by atoms with Crippen LogP contribution >= 0.6 is 11.8 Å². The molecule has 0 spiro atoms. The van der Waals surface area contributed by atoms with E-state index in [0.717, 1.165) is 0 Å². The average molecular weight is 261 g/mol. The second-order valence-electron chi connectivity index (χ2n) is 3.67. The summed E-state index contributed by atoms with van der Waals surface area (Å²) in [7, 11) is 0. The van der Waals surface area contributed by atoms with Crippen LogP contribution in [-0.2, 0) is 5.75 Å². The van der Waals surface area contributed by atoms with E-state index >= 15 is 0 Å². The molecule has 0 fully saturated rings. The summed E-state index contributed by atoms with van der Waals surface area (Å²) in [5.74, 6) is 2.26. The second-order valence-corrected chi connectivity index (χ2v) is 4.64. The Morgan fingerprint density at radius 3 is 2.56 bits per heavy atom. The van der Waals surface area contributed by atoms with Crippen molar-refractivity contribution in [1.29, 1.82) is 5.26 Å². The number of nitrogens with zero attached hydrogens (tertiary/aromatic N) is 5. The fraction of sp³-hybridized carbons (Fsp3) is 0.364. The third kappa shape index (κ3) is 2.65. The third-order valence-electron chi connectivity index (χ3n) is 2.18. The summed E-state index contributed by atoms with van der Waals surface area (Å²) >= 11 is 1.40. The van der Waals surface area contributed by atoms with Gasteiger partial charge in [-0.25, -0.2) is 9.97 Å². The Kier molecular flexibility index (Phi) is 3.58. The predicted octanol–water partition coefficient (Wildman–Crippen LogP) is 1.95. The van der Waals surface area contributed by atoms with Crippen LogP contribution in [0, 0.1) is 32.1 Å². The fourth-order valence-electron chi connectivity index (χ4n) is 1.44. The van der Waals surface area contributed by atoms with E-state index < -0.39 is 0 Å². The lowest BCUT2D eigenvalue weighted by Gasteiger charge is -2.04. The maximum atomic E-state index is 9.10. The third-order valence-corrected chi connectivity index (χ3v) is 3.14. The molecule has 0 bridgehead atoms.